The second kappa shape index (κ2) is 8.95. The molecule has 1 N–H and O–H groups in total. The van der Waals surface area contributed by atoms with Gasteiger partial charge in [0, 0.05) is 23.5 Å². The number of amides is 1. The molecule has 0 aliphatic heterocycles. The molecular formula is C24H25N3O3. The van der Waals surface area contributed by atoms with Gasteiger partial charge in [-0.15, -0.1) is 0 Å². The van der Waals surface area contributed by atoms with Crippen molar-refractivity contribution in [2.45, 2.75) is 38.1 Å². The lowest BCUT2D eigenvalue weighted by molar-refractivity contribution is -0.138. The van der Waals surface area contributed by atoms with Crippen LogP contribution >= 0.6 is 0 Å². The number of imidazole rings is 1. The van der Waals surface area contributed by atoms with E-state index in [9.17, 15) is 14.7 Å². The second-order valence-corrected chi connectivity index (χ2v) is 7.64. The smallest absolute Gasteiger partial charge is 0.323 e. The normalized spacial score (nSPS) is 14.4. The summed E-state index contributed by atoms with van der Waals surface area (Å²) in [5.74, 6) is -0.667. The Morgan fingerprint density at radius 2 is 1.60 bits per heavy atom. The number of aromatic nitrogens is 2. The van der Waals surface area contributed by atoms with Crippen molar-refractivity contribution in [2.75, 3.05) is 6.54 Å². The van der Waals surface area contributed by atoms with Crippen LogP contribution < -0.4 is 0 Å². The second-order valence-electron chi connectivity index (χ2n) is 7.64. The van der Waals surface area contributed by atoms with Gasteiger partial charge in [-0.3, -0.25) is 14.2 Å². The standard InChI is InChI=1S/C24H25N3O3/c28-22(29)17-27(20-14-8-3-9-15-20)24(30)21-16-26(19-12-6-2-7-13-19)23(25-21)18-10-4-1-5-11-18/h1-2,4-7,10-13,16,20H,3,8-9,14-15,17H2,(H,28,29). The first kappa shape index (κ1) is 19.9. The van der Waals surface area contributed by atoms with Crippen LogP contribution in [-0.2, 0) is 4.79 Å². The first-order valence-electron chi connectivity index (χ1n) is 10.4. The molecule has 0 saturated heterocycles. The van der Waals surface area contributed by atoms with E-state index in [2.05, 4.69) is 4.98 Å². The number of para-hydroxylation sites is 1. The van der Waals surface area contributed by atoms with Crippen molar-refractivity contribution in [1.82, 2.24) is 14.5 Å². The summed E-state index contributed by atoms with van der Waals surface area (Å²) in [5, 5.41) is 9.41. The number of carboxylic acids is 1. The zero-order chi connectivity index (χ0) is 20.9. The zero-order valence-electron chi connectivity index (χ0n) is 16.8. The summed E-state index contributed by atoms with van der Waals surface area (Å²) in [5.41, 5.74) is 2.05. The number of carboxylic acid groups (broad SMARTS) is 1. The Kier molecular flexibility index (Phi) is 5.93. The van der Waals surface area contributed by atoms with Crippen molar-refractivity contribution < 1.29 is 14.7 Å². The van der Waals surface area contributed by atoms with Gasteiger partial charge in [0.15, 0.2) is 0 Å². The summed E-state index contributed by atoms with van der Waals surface area (Å²) in [6.07, 6.45) is 6.56. The Labute approximate surface area is 175 Å². The summed E-state index contributed by atoms with van der Waals surface area (Å²) in [6.45, 7) is -0.303. The summed E-state index contributed by atoms with van der Waals surface area (Å²) in [7, 11) is 0. The molecule has 0 radical (unpaired) electrons. The minimum Gasteiger partial charge on any atom is -0.480 e. The van der Waals surface area contributed by atoms with Gasteiger partial charge in [-0.2, -0.15) is 0 Å². The highest BCUT2D eigenvalue weighted by molar-refractivity contribution is 5.95. The van der Waals surface area contributed by atoms with Crippen LogP contribution in [0.2, 0.25) is 0 Å². The molecule has 6 heteroatoms. The summed E-state index contributed by atoms with van der Waals surface area (Å²) >= 11 is 0. The lowest BCUT2D eigenvalue weighted by Crippen LogP contribution is -2.44. The molecule has 1 saturated carbocycles. The molecule has 1 fully saturated rings. The van der Waals surface area contributed by atoms with Crippen molar-refractivity contribution >= 4 is 11.9 Å². The number of hydrogen-bond acceptors (Lipinski definition) is 3. The van der Waals surface area contributed by atoms with E-state index in [0.717, 1.165) is 43.4 Å². The third-order valence-electron chi connectivity index (χ3n) is 5.57. The summed E-state index contributed by atoms with van der Waals surface area (Å²) < 4.78 is 1.89. The molecule has 30 heavy (non-hydrogen) atoms. The van der Waals surface area contributed by atoms with Crippen molar-refractivity contribution in [2.24, 2.45) is 0 Å². The molecule has 2 aromatic carbocycles. The molecule has 1 amide bonds. The molecule has 154 valence electrons. The minimum atomic E-state index is -1.00. The maximum Gasteiger partial charge on any atom is 0.323 e. The SMILES string of the molecule is O=C(O)CN(C(=O)c1cn(-c2ccccc2)c(-c2ccccc2)n1)C1CCCCC1. The Bertz CT molecular complexity index is 952. The van der Waals surface area contributed by atoms with Crippen molar-refractivity contribution in [3.63, 3.8) is 0 Å². The average Bonchev–Trinajstić information content (AvgIpc) is 3.24. The quantitative estimate of drug-likeness (QED) is 0.662. The Hall–Kier alpha value is -3.41. The van der Waals surface area contributed by atoms with Gasteiger partial charge >= 0.3 is 5.97 Å². The predicted octanol–water partition coefficient (Wildman–Crippen LogP) is 4.40. The lowest BCUT2D eigenvalue weighted by Gasteiger charge is -2.32. The lowest BCUT2D eigenvalue weighted by atomic mass is 9.94. The van der Waals surface area contributed by atoms with E-state index in [1.807, 2.05) is 65.2 Å². The van der Waals surface area contributed by atoms with Crippen molar-refractivity contribution in [1.29, 1.82) is 0 Å². The van der Waals surface area contributed by atoms with E-state index in [1.165, 1.54) is 4.90 Å². The highest BCUT2D eigenvalue weighted by Crippen LogP contribution is 2.27. The van der Waals surface area contributed by atoms with Crippen LogP contribution in [0.3, 0.4) is 0 Å². The largest absolute Gasteiger partial charge is 0.480 e. The molecule has 1 aliphatic rings. The monoisotopic (exact) mass is 403 g/mol. The van der Waals surface area contributed by atoms with E-state index < -0.39 is 5.97 Å². The fourth-order valence-corrected chi connectivity index (χ4v) is 4.11. The van der Waals surface area contributed by atoms with E-state index in [0.29, 0.717) is 5.82 Å². The fourth-order valence-electron chi connectivity index (χ4n) is 4.11. The van der Waals surface area contributed by atoms with Gasteiger partial charge < -0.3 is 10.0 Å². The van der Waals surface area contributed by atoms with E-state index in [1.54, 1.807) is 6.20 Å². The minimum absolute atomic E-state index is 0.0515. The van der Waals surface area contributed by atoms with Crippen molar-refractivity contribution in [3.05, 3.63) is 72.6 Å². The highest BCUT2D eigenvalue weighted by Gasteiger charge is 2.30. The first-order chi connectivity index (χ1) is 14.6. The maximum absolute atomic E-state index is 13.4. The Balaban J connectivity index is 1.75. The van der Waals surface area contributed by atoms with Gasteiger partial charge in [0.05, 0.1) is 0 Å². The molecular weight excluding hydrogens is 378 g/mol. The molecule has 0 unspecified atom stereocenters. The average molecular weight is 403 g/mol. The summed E-state index contributed by atoms with van der Waals surface area (Å²) in [4.78, 5) is 31.0. The van der Waals surface area contributed by atoms with Gasteiger partial charge in [0.1, 0.15) is 18.1 Å². The van der Waals surface area contributed by atoms with Gasteiger partial charge in [-0.25, -0.2) is 4.98 Å². The number of rotatable bonds is 6. The molecule has 0 atom stereocenters. The van der Waals surface area contributed by atoms with Crippen LogP contribution in [0.1, 0.15) is 42.6 Å². The molecule has 0 spiro atoms. The number of benzene rings is 2. The predicted molar refractivity (Wildman–Crippen MR) is 115 cm³/mol. The molecule has 3 aromatic rings. The molecule has 1 aliphatic carbocycles. The number of carbonyl (C=O) groups excluding carboxylic acids is 1. The highest BCUT2D eigenvalue weighted by atomic mass is 16.4. The van der Waals surface area contributed by atoms with Crippen LogP contribution in [0.5, 0.6) is 0 Å². The van der Waals surface area contributed by atoms with Crippen LogP contribution in [0.25, 0.3) is 17.1 Å². The number of carbonyl (C=O) groups is 2. The van der Waals surface area contributed by atoms with Gasteiger partial charge in [-0.1, -0.05) is 67.8 Å². The van der Waals surface area contributed by atoms with Gasteiger partial charge in [-0.05, 0) is 25.0 Å². The molecule has 4 rings (SSSR count). The number of hydrogen-bond donors (Lipinski definition) is 1. The summed E-state index contributed by atoms with van der Waals surface area (Å²) in [6, 6.07) is 19.4. The van der Waals surface area contributed by atoms with Crippen LogP contribution in [0.4, 0.5) is 0 Å². The van der Waals surface area contributed by atoms with E-state index in [4.69, 9.17) is 0 Å². The third kappa shape index (κ3) is 4.27. The van der Waals surface area contributed by atoms with Gasteiger partial charge in [0.2, 0.25) is 0 Å². The topological polar surface area (TPSA) is 75.4 Å². The molecule has 0 bridgehead atoms. The molecule has 1 heterocycles. The van der Waals surface area contributed by atoms with Gasteiger partial charge in [0.25, 0.3) is 5.91 Å². The Morgan fingerprint density at radius 3 is 2.23 bits per heavy atom. The Morgan fingerprint density at radius 1 is 0.967 bits per heavy atom. The van der Waals surface area contributed by atoms with Crippen molar-refractivity contribution in [3.8, 4) is 17.1 Å². The number of aliphatic carboxylic acids is 1. The fraction of sp³-hybridized carbons (Fsp3) is 0.292. The number of nitrogens with zero attached hydrogens (tertiary/aromatic N) is 3. The maximum atomic E-state index is 13.4. The molecule has 1 aromatic heterocycles. The van der Waals surface area contributed by atoms with Crippen LogP contribution in [0.15, 0.2) is 66.9 Å². The van der Waals surface area contributed by atoms with E-state index in [-0.39, 0.29) is 24.2 Å². The van der Waals surface area contributed by atoms with Crippen LogP contribution in [0, 0.1) is 0 Å². The zero-order valence-corrected chi connectivity index (χ0v) is 16.8. The van der Waals surface area contributed by atoms with Crippen LogP contribution in [-0.4, -0.2) is 44.0 Å². The third-order valence-corrected chi connectivity index (χ3v) is 5.57. The van der Waals surface area contributed by atoms with E-state index >= 15 is 0 Å². The molecule has 6 nitrogen and oxygen atoms in total. The first-order valence-corrected chi connectivity index (χ1v) is 10.4.